The standard InChI is InChI=1S/C24H29N3O4S2/c1-17-6-8-19(9-7-17)25-23(28)16-27-21-15-20(33(30,31)26-12-4-3-5-13-26)10-11-22(21)32-18(2)14-24(27)29/h6-11,15,18H,3-5,12-14,16H2,1-2H3,(H,25,28). The molecule has 1 saturated heterocycles. The zero-order valence-electron chi connectivity index (χ0n) is 18.9. The van der Waals surface area contributed by atoms with Gasteiger partial charge in [0.2, 0.25) is 21.8 Å². The molecule has 2 aromatic carbocycles. The van der Waals surface area contributed by atoms with Gasteiger partial charge >= 0.3 is 0 Å². The summed E-state index contributed by atoms with van der Waals surface area (Å²) >= 11 is 1.53. The van der Waals surface area contributed by atoms with Gasteiger partial charge < -0.3 is 10.2 Å². The normalized spacial score (nSPS) is 19.6. The maximum atomic E-state index is 13.2. The lowest BCUT2D eigenvalue weighted by Crippen LogP contribution is -2.39. The summed E-state index contributed by atoms with van der Waals surface area (Å²) in [6.45, 7) is 4.76. The van der Waals surface area contributed by atoms with E-state index in [2.05, 4.69) is 5.32 Å². The van der Waals surface area contributed by atoms with Crippen LogP contribution in [-0.4, -0.2) is 49.4 Å². The van der Waals surface area contributed by atoms with Crippen molar-refractivity contribution in [1.82, 2.24) is 4.31 Å². The van der Waals surface area contributed by atoms with E-state index in [1.165, 1.54) is 21.0 Å². The maximum absolute atomic E-state index is 13.2. The number of rotatable bonds is 5. The number of fused-ring (bicyclic) bond motifs is 1. The zero-order valence-corrected chi connectivity index (χ0v) is 20.5. The van der Waals surface area contributed by atoms with Gasteiger partial charge in [-0.05, 0) is 50.1 Å². The molecule has 1 atom stereocenters. The van der Waals surface area contributed by atoms with E-state index in [0.29, 0.717) is 24.5 Å². The third-order valence-electron chi connectivity index (χ3n) is 5.90. The minimum atomic E-state index is -3.66. The molecule has 0 saturated carbocycles. The highest BCUT2D eigenvalue weighted by atomic mass is 32.2. The Morgan fingerprint density at radius 3 is 2.48 bits per heavy atom. The summed E-state index contributed by atoms with van der Waals surface area (Å²) in [4.78, 5) is 28.2. The number of aryl methyl sites for hydroxylation is 1. The van der Waals surface area contributed by atoms with Gasteiger partial charge in [0.15, 0.2) is 0 Å². The molecule has 0 spiro atoms. The quantitative estimate of drug-likeness (QED) is 0.688. The van der Waals surface area contributed by atoms with Crippen LogP contribution >= 0.6 is 11.8 Å². The summed E-state index contributed by atoms with van der Waals surface area (Å²) in [5.41, 5.74) is 2.21. The van der Waals surface area contributed by atoms with Crippen molar-refractivity contribution in [3.8, 4) is 0 Å². The number of carbonyl (C=O) groups is 2. The number of anilines is 2. The molecule has 2 aliphatic heterocycles. The fraction of sp³-hybridized carbons (Fsp3) is 0.417. The number of piperidine rings is 1. The average Bonchev–Trinajstić information content (AvgIpc) is 2.90. The average molecular weight is 488 g/mol. The Balaban J connectivity index is 1.64. The van der Waals surface area contributed by atoms with Gasteiger partial charge in [-0.15, -0.1) is 11.8 Å². The highest BCUT2D eigenvalue weighted by molar-refractivity contribution is 8.00. The van der Waals surface area contributed by atoms with Crippen LogP contribution in [0.3, 0.4) is 0 Å². The first-order valence-corrected chi connectivity index (χ1v) is 13.5. The molecule has 4 rings (SSSR count). The van der Waals surface area contributed by atoms with Crippen molar-refractivity contribution in [2.45, 2.75) is 54.6 Å². The SMILES string of the molecule is Cc1ccc(NC(=O)CN2C(=O)CC(C)Sc3ccc(S(=O)(=O)N4CCCCC4)cc32)cc1. The van der Waals surface area contributed by atoms with E-state index < -0.39 is 10.0 Å². The number of benzene rings is 2. The van der Waals surface area contributed by atoms with Crippen molar-refractivity contribution in [3.05, 3.63) is 48.0 Å². The highest BCUT2D eigenvalue weighted by Crippen LogP contribution is 2.39. The number of amides is 2. The smallest absolute Gasteiger partial charge is 0.244 e. The lowest BCUT2D eigenvalue weighted by molar-refractivity contribution is -0.121. The Labute approximate surface area is 199 Å². The molecule has 1 unspecified atom stereocenters. The van der Waals surface area contributed by atoms with Gasteiger partial charge in [0.05, 0.1) is 10.6 Å². The second kappa shape index (κ2) is 9.87. The van der Waals surface area contributed by atoms with E-state index in [4.69, 9.17) is 0 Å². The molecule has 9 heteroatoms. The molecule has 2 aromatic rings. The number of hydrogen-bond donors (Lipinski definition) is 1. The molecule has 0 aliphatic carbocycles. The van der Waals surface area contributed by atoms with Gasteiger partial charge in [0.25, 0.3) is 0 Å². The van der Waals surface area contributed by atoms with Crippen LogP contribution in [-0.2, 0) is 19.6 Å². The van der Waals surface area contributed by atoms with E-state index in [9.17, 15) is 18.0 Å². The molecule has 1 fully saturated rings. The molecule has 0 aromatic heterocycles. The summed E-state index contributed by atoms with van der Waals surface area (Å²) < 4.78 is 28.0. The summed E-state index contributed by atoms with van der Waals surface area (Å²) in [6.07, 6.45) is 3.00. The second-order valence-electron chi connectivity index (χ2n) is 8.62. The highest BCUT2D eigenvalue weighted by Gasteiger charge is 2.31. The fourth-order valence-electron chi connectivity index (χ4n) is 4.13. The van der Waals surface area contributed by atoms with Gasteiger partial charge in [-0.1, -0.05) is 31.0 Å². The number of hydrogen-bond acceptors (Lipinski definition) is 5. The van der Waals surface area contributed by atoms with Crippen LogP contribution in [0.4, 0.5) is 11.4 Å². The van der Waals surface area contributed by atoms with Crippen LogP contribution in [0.1, 0.15) is 38.2 Å². The molecule has 33 heavy (non-hydrogen) atoms. The van der Waals surface area contributed by atoms with Crippen LogP contribution in [0.5, 0.6) is 0 Å². The van der Waals surface area contributed by atoms with Crippen LogP contribution in [0.25, 0.3) is 0 Å². The Morgan fingerprint density at radius 1 is 1.09 bits per heavy atom. The third-order valence-corrected chi connectivity index (χ3v) is 8.97. The monoisotopic (exact) mass is 487 g/mol. The van der Waals surface area contributed by atoms with E-state index in [1.807, 2.05) is 38.1 Å². The molecule has 2 heterocycles. The van der Waals surface area contributed by atoms with E-state index >= 15 is 0 Å². The van der Waals surface area contributed by atoms with E-state index in [0.717, 1.165) is 29.7 Å². The first-order chi connectivity index (χ1) is 15.7. The van der Waals surface area contributed by atoms with Crippen LogP contribution in [0, 0.1) is 6.92 Å². The van der Waals surface area contributed by atoms with Crippen LogP contribution in [0.2, 0.25) is 0 Å². The molecule has 7 nitrogen and oxygen atoms in total. The number of carbonyl (C=O) groups excluding carboxylic acids is 2. The first kappa shape index (κ1) is 23.8. The summed E-state index contributed by atoms with van der Waals surface area (Å²) in [7, 11) is -3.66. The molecule has 176 valence electrons. The maximum Gasteiger partial charge on any atom is 0.244 e. The van der Waals surface area contributed by atoms with Gasteiger partial charge in [-0.3, -0.25) is 9.59 Å². The Kier molecular flexibility index (Phi) is 7.11. The molecule has 2 amide bonds. The van der Waals surface area contributed by atoms with Crippen molar-refractivity contribution in [3.63, 3.8) is 0 Å². The van der Waals surface area contributed by atoms with Gasteiger partial charge in [0, 0.05) is 35.3 Å². The van der Waals surface area contributed by atoms with E-state index in [1.54, 1.807) is 18.2 Å². The van der Waals surface area contributed by atoms with Crippen molar-refractivity contribution >= 4 is 45.0 Å². The van der Waals surface area contributed by atoms with Crippen LogP contribution < -0.4 is 10.2 Å². The van der Waals surface area contributed by atoms with Gasteiger partial charge in [-0.25, -0.2) is 8.42 Å². The molecule has 1 N–H and O–H groups in total. The number of sulfonamides is 1. The predicted octanol–water partition coefficient (Wildman–Crippen LogP) is 4.03. The Morgan fingerprint density at radius 2 is 1.79 bits per heavy atom. The predicted molar refractivity (Wildman–Crippen MR) is 131 cm³/mol. The Bertz CT molecular complexity index is 1140. The lowest BCUT2D eigenvalue weighted by atomic mass is 10.2. The van der Waals surface area contributed by atoms with E-state index in [-0.39, 0.29) is 34.9 Å². The molecule has 0 bridgehead atoms. The third kappa shape index (κ3) is 5.42. The topological polar surface area (TPSA) is 86.8 Å². The number of thioether (sulfide) groups is 1. The van der Waals surface area contributed by atoms with Crippen molar-refractivity contribution in [2.24, 2.45) is 0 Å². The second-order valence-corrected chi connectivity index (χ2v) is 12.0. The summed E-state index contributed by atoms with van der Waals surface area (Å²) in [5, 5.41) is 2.85. The van der Waals surface area contributed by atoms with Crippen molar-refractivity contribution in [1.29, 1.82) is 0 Å². The summed E-state index contributed by atoms with van der Waals surface area (Å²) in [6, 6.07) is 12.4. The largest absolute Gasteiger partial charge is 0.325 e. The zero-order chi connectivity index (χ0) is 23.6. The van der Waals surface area contributed by atoms with Crippen molar-refractivity contribution in [2.75, 3.05) is 29.9 Å². The first-order valence-electron chi connectivity index (χ1n) is 11.2. The summed E-state index contributed by atoms with van der Waals surface area (Å²) in [5.74, 6) is -0.526. The lowest BCUT2D eigenvalue weighted by Gasteiger charge is -2.27. The minimum Gasteiger partial charge on any atom is -0.325 e. The number of nitrogens with zero attached hydrogens (tertiary/aromatic N) is 2. The molecular formula is C24H29N3O4S2. The Hall–Kier alpha value is -2.36. The van der Waals surface area contributed by atoms with Crippen LogP contribution in [0.15, 0.2) is 52.3 Å². The minimum absolute atomic E-state index is 0.0194. The fourth-order valence-corrected chi connectivity index (χ4v) is 6.76. The molecule has 2 aliphatic rings. The molecular weight excluding hydrogens is 458 g/mol. The molecule has 0 radical (unpaired) electrons. The van der Waals surface area contributed by atoms with Crippen molar-refractivity contribution < 1.29 is 18.0 Å². The van der Waals surface area contributed by atoms with Gasteiger partial charge in [-0.2, -0.15) is 4.31 Å². The number of nitrogens with one attached hydrogen (secondary N) is 1. The van der Waals surface area contributed by atoms with Gasteiger partial charge in [0.1, 0.15) is 6.54 Å².